The van der Waals surface area contributed by atoms with Gasteiger partial charge >= 0.3 is 0 Å². The summed E-state index contributed by atoms with van der Waals surface area (Å²) in [5, 5.41) is 9.92. The predicted molar refractivity (Wildman–Crippen MR) is 72.4 cm³/mol. The van der Waals surface area contributed by atoms with E-state index in [0.717, 1.165) is 24.9 Å². The van der Waals surface area contributed by atoms with Gasteiger partial charge in [-0.2, -0.15) is 0 Å². The smallest absolute Gasteiger partial charge is 0.0790 e. The van der Waals surface area contributed by atoms with Gasteiger partial charge in [-0.15, -0.1) is 0 Å². The van der Waals surface area contributed by atoms with Gasteiger partial charge in [0.05, 0.1) is 6.10 Å². The molecule has 0 saturated carbocycles. The van der Waals surface area contributed by atoms with E-state index in [1.165, 1.54) is 18.5 Å². The van der Waals surface area contributed by atoms with Crippen molar-refractivity contribution in [3.63, 3.8) is 0 Å². The van der Waals surface area contributed by atoms with Crippen LogP contribution in [0.5, 0.6) is 0 Å². The molecule has 2 nitrogen and oxygen atoms in total. The molecule has 1 aliphatic heterocycles. The lowest BCUT2D eigenvalue weighted by Crippen LogP contribution is -2.26. The summed E-state index contributed by atoms with van der Waals surface area (Å²) in [6.45, 7) is 5.55. The summed E-state index contributed by atoms with van der Waals surface area (Å²) in [4.78, 5) is 2.45. The molecule has 0 aromatic heterocycles. The molecule has 0 spiro atoms. The van der Waals surface area contributed by atoms with E-state index in [1.54, 1.807) is 0 Å². The van der Waals surface area contributed by atoms with E-state index >= 15 is 0 Å². The van der Waals surface area contributed by atoms with Crippen LogP contribution in [0, 0.1) is 0 Å². The van der Waals surface area contributed by atoms with Crippen molar-refractivity contribution in [1.82, 2.24) is 0 Å². The lowest BCUT2D eigenvalue weighted by Gasteiger charge is -2.24. The Kier molecular flexibility index (Phi) is 4.06. The first-order chi connectivity index (χ1) is 8.22. The van der Waals surface area contributed by atoms with E-state index in [9.17, 15) is 5.11 Å². The zero-order chi connectivity index (χ0) is 12.3. The molecule has 1 N–H and O–H groups in total. The molecule has 1 saturated heterocycles. The van der Waals surface area contributed by atoms with Crippen molar-refractivity contribution >= 4 is 5.69 Å². The summed E-state index contributed by atoms with van der Waals surface area (Å²) in [5.74, 6) is 0. The van der Waals surface area contributed by atoms with E-state index in [1.807, 2.05) is 0 Å². The Bertz CT molecular complexity index is 346. The Labute approximate surface area is 104 Å². The average Bonchev–Trinajstić information content (AvgIpc) is 2.76. The van der Waals surface area contributed by atoms with Gasteiger partial charge in [0.2, 0.25) is 0 Å². The topological polar surface area (TPSA) is 23.5 Å². The van der Waals surface area contributed by atoms with E-state index in [2.05, 4.69) is 43.0 Å². The van der Waals surface area contributed by atoms with Crippen LogP contribution in [0.15, 0.2) is 24.3 Å². The maximum Gasteiger partial charge on any atom is 0.0790 e. The molecule has 2 unspecified atom stereocenters. The van der Waals surface area contributed by atoms with E-state index in [-0.39, 0.29) is 6.10 Å². The van der Waals surface area contributed by atoms with Gasteiger partial charge in [0.25, 0.3) is 0 Å². The first-order valence-electron chi connectivity index (χ1n) is 6.77. The highest BCUT2D eigenvalue weighted by atomic mass is 16.3. The van der Waals surface area contributed by atoms with Crippen LogP contribution in [0.1, 0.15) is 51.2 Å². The van der Waals surface area contributed by atoms with Crippen molar-refractivity contribution in [2.24, 2.45) is 0 Å². The molecule has 0 aliphatic carbocycles. The van der Waals surface area contributed by atoms with Crippen LogP contribution in [-0.2, 0) is 0 Å². The molecule has 1 fully saturated rings. The molecule has 1 aromatic carbocycles. The number of rotatable bonds is 4. The number of aliphatic hydroxyl groups is 1. The third kappa shape index (κ3) is 2.81. The van der Waals surface area contributed by atoms with Crippen LogP contribution in [0.4, 0.5) is 5.69 Å². The molecule has 0 radical (unpaired) electrons. The van der Waals surface area contributed by atoms with Crippen molar-refractivity contribution < 1.29 is 5.11 Å². The molecule has 1 aromatic rings. The maximum absolute atomic E-state index is 9.92. The molecule has 2 atom stereocenters. The predicted octanol–water partition coefficient (Wildman–Crippen LogP) is 3.51. The van der Waals surface area contributed by atoms with Crippen molar-refractivity contribution in [3.05, 3.63) is 29.8 Å². The number of hydrogen-bond acceptors (Lipinski definition) is 2. The summed E-state index contributed by atoms with van der Waals surface area (Å²) < 4.78 is 0. The number of benzene rings is 1. The highest BCUT2D eigenvalue weighted by Crippen LogP contribution is 2.27. The summed E-state index contributed by atoms with van der Waals surface area (Å²) in [5.41, 5.74) is 2.34. The first kappa shape index (κ1) is 12.4. The highest BCUT2D eigenvalue weighted by molar-refractivity contribution is 5.49. The van der Waals surface area contributed by atoms with Crippen molar-refractivity contribution in [1.29, 1.82) is 0 Å². The Hall–Kier alpha value is -1.02. The van der Waals surface area contributed by atoms with Gasteiger partial charge in [-0.25, -0.2) is 0 Å². The minimum atomic E-state index is -0.301. The van der Waals surface area contributed by atoms with Crippen molar-refractivity contribution in [3.8, 4) is 0 Å². The number of nitrogens with zero attached hydrogens (tertiary/aromatic N) is 1. The van der Waals surface area contributed by atoms with Crippen LogP contribution < -0.4 is 4.90 Å². The Morgan fingerprint density at radius 1 is 1.35 bits per heavy atom. The molecule has 1 heterocycles. The lowest BCUT2D eigenvalue weighted by atomic mass is 10.0. The SMILES string of the molecule is CCCC(O)c1ccc(N2CCCC2C)cc1. The lowest BCUT2D eigenvalue weighted by molar-refractivity contribution is 0.166. The van der Waals surface area contributed by atoms with Gasteiger partial charge < -0.3 is 10.0 Å². The molecular weight excluding hydrogens is 210 g/mol. The van der Waals surface area contributed by atoms with Gasteiger partial charge in [0, 0.05) is 18.3 Å². The standard InChI is InChI=1S/C15H23NO/c1-3-5-15(17)13-7-9-14(10-8-13)16-11-4-6-12(16)2/h7-10,12,15,17H,3-6,11H2,1-2H3. The van der Waals surface area contributed by atoms with Crippen LogP contribution >= 0.6 is 0 Å². The van der Waals surface area contributed by atoms with Crippen LogP contribution in [0.25, 0.3) is 0 Å². The van der Waals surface area contributed by atoms with Gasteiger partial charge in [0.1, 0.15) is 0 Å². The Balaban J connectivity index is 2.07. The molecular formula is C15H23NO. The quantitative estimate of drug-likeness (QED) is 0.860. The summed E-state index contributed by atoms with van der Waals surface area (Å²) in [6.07, 6.45) is 4.15. The zero-order valence-corrected chi connectivity index (χ0v) is 10.9. The molecule has 94 valence electrons. The molecule has 0 amide bonds. The molecule has 0 bridgehead atoms. The van der Waals surface area contributed by atoms with Gasteiger partial charge in [-0.1, -0.05) is 25.5 Å². The molecule has 17 heavy (non-hydrogen) atoms. The fourth-order valence-corrected chi connectivity index (χ4v) is 2.64. The number of aliphatic hydroxyl groups excluding tert-OH is 1. The second-order valence-corrected chi connectivity index (χ2v) is 5.08. The van der Waals surface area contributed by atoms with Gasteiger partial charge in [0.15, 0.2) is 0 Å². The largest absolute Gasteiger partial charge is 0.388 e. The average molecular weight is 233 g/mol. The zero-order valence-electron chi connectivity index (χ0n) is 10.9. The van der Waals surface area contributed by atoms with Crippen LogP contribution in [-0.4, -0.2) is 17.7 Å². The molecule has 2 heteroatoms. The fourth-order valence-electron chi connectivity index (χ4n) is 2.64. The summed E-state index contributed by atoms with van der Waals surface area (Å²) in [6, 6.07) is 9.09. The minimum Gasteiger partial charge on any atom is -0.388 e. The first-order valence-corrected chi connectivity index (χ1v) is 6.77. The van der Waals surface area contributed by atoms with E-state index < -0.39 is 0 Å². The molecule has 2 rings (SSSR count). The minimum absolute atomic E-state index is 0.301. The Morgan fingerprint density at radius 3 is 2.59 bits per heavy atom. The third-order valence-corrected chi connectivity index (χ3v) is 3.72. The normalized spacial score (nSPS) is 21.8. The van der Waals surface area contributed by atoms with Crippen LogP contribution in [0.2, 0.25) is 0 Å². The third-order valence-electron chi connectivity index (χ3n) is 3.72. The second-order valence-electron chi connectivity index (χ2n) is 5.08. The van der Waals surface area contributed by atoms with Gasteiger partial charge in [-0.3, -0.25) is 0 Å². The highest BCUT2D eigenvalue weighted by Gasteiger charge is 2.20. The van der Waals surface area contributed by atoms with Crippen molar-refractivity contribution in [2.75, 3.05) is 11.4 Å². The molecule has 1 aliphatic rings. The van der Waals surface area contributed by atoms with E-state index in [4.69, 9.17) is 0 Å². The fraction of sp³-hybridized carbons (Fsp3) is 0.600. The monoisotopic (exact) mass is 233 g/mol. The number of hydrogen-bond donors (Lipinski definition) is 1. The maximum atomic E-state index is 9.92. The van der Waals surface area contributed by atoms with Gasteiger partial charge in [-0.05, 0) is 43.9 Å². The summed E-state index contributed by atoms with van der Waals surface area (Å²) in [7, 11) is 0. The van der Waals surface area contributed by atoms with Crippen molar-refractivity contribution in [2.45, 2.75) is 51.7 Å². The number of anilines is 1. The Morgan fingerprint density at radius 2 is 2.06 bits per heavy atom. The van der Waals surface area contributed by atoms with E-state index in [0.29, 0.717) is 6.04 Å². The summed E-state index contributed by atoms with van der Waals surface area (Å²) >= 11 is 0. The van der Waals surface area contributed by atoms with Crippen LogP contribution in [0.3, 0.4) is 0 Å². The second kappa shape index (κ2) is 5.54.